The predicted molar refractivity (Wildman–Crippen MR) is 81.5 cm³/mol. The molecule has 1 amide bonds. The predicted octanol–water partition coefficient (Wildman–Crippen LogP) is 2.78. The van der Waals surface area contributed by atoms with Crippen molar-refractivity contribution in [1.82, 2.24) is 20.2 Å². The van der Waals surface area contributed by atoms with E-state index in [9.17, 15) is 4.79 Å². The van der Waals surface area contributed by atoms with E-state index in [0.717, 1.165) is 18.5 Å². The lowest BCUT2D eigenvalue weighted by Crippen LogP contribution is -2.22. The van der Waals surface area contributed by atoms with Crippen molar-refractivity contribution in [2.75, 3.05) is 5.32 Å². The number of nitrogens with zero attached hydrogens (tertiary/aromatic N) is 4. The van der Waals surface area contributed by atoms with Gasteiger partial charge in [0, 0.05) is 10.7 Å². The number of amides is 1. The van der Waals surface area contributed by atoms with E-state index in [1.54, 1.807) is 28.9 Å². The average molecular weight is 324 g/mol. The maximum atomic E-state index is 12.2. The Morgan fingerprint density at radius 3 is 2.81 bits per heavy atom. The molecule has 1 unspecified atom stereocenters. The van der Waals surface area contributed by atoms with Crippen LogP contribution < -0.4 is 5.32 Å². The van der Waals surface area contributed by atoms with Crippen LogP contribution in [0.1, 0.15) is 25.8 Å². The number of nitrogens with one attached hydrogen (secondary N) is 1. The van der Waals surface area contributed by atoms with Crippen molar-refractivity contribution in [1.29, 1.82) is 0 Å². The number of carbonyl (C=O) groups excluding carboxylic acids is 1. The van der Waals surface area contributed by atoms with Crippen molar-refractivity contribution >= 4 is 35.0 Å². The van der Waals surface area contributed by atoms with E-state index < -0.39 is 0 Å². The van der Waals surface area contributed by atoms with Gasteiger partial charge in [-0.05, 0) is 54.5 Å². The Labute approximate surface area is 131 Å². The van der Waals surface area contributed by atoms with Crippen LogP contribution in [0.25, 0.3) is 0 Å². The van der Waals surface area contributed by atoms with Crippen LogP contribution in [0.15, 0.2) is 29.4 Å². The minimum Gasteiger partial charge on any atom is -0.325 e. The van der Waals surface area contributed by atoms with Gasteiger partial charge in [-0.2, -0.15) is 0 Å². The first-order valence-electron chi connectivity index (χ1n) is 6.64. The SMILES string of the molecule is CC(Sc1nnnn1C1CC1)C(=O)Nc1ccc(Cl)cc1. The normalized spacial score (nSPS) is 15.7. The van der Waals surface area contributed by atoms with Gasteiger partial charge in [0.25, 0.3) is 0 Å². The lowest BCUT2D eigenvalue weighted by molar-refractivity contribution is -0.115. The standard InChI is InChI=1S/C13H14ClN5OS/c1-8(12(20)15-10-4-2-9(14)3-5-10)21-13-16-17-18-19(13)11-6-7-11/h2-5,8,11H,6-7H2,1H3,(H,15,20). The summed E-state index contributed by atoms with van der Waals surface area (Å²) in [5.41, 5.74) is 0.721. The van der Waals surface area contributed by atoms with Crippen LogP contribution in [0.3, 0.4) is 0 Å². The van der Waals surface area contributed by atoms with Gasteiger partial charge in [0.2, 0.25) is 11.1 Å². The van der Waals surface area contributed by atoms with E-state index in [4.69, 9.17) is 11.6 Å². The van der Waals surface area contributed by atoms with E-state index in [0.29, 0.717) is 16.2 Å². The fourth-order valence-electron chi connectivity index (χ4n) is 1.80. The Morgan fingerprint density at radius 2 is 2.14 bits per heavy atom. The first kappa shape index (κ1) is 14.3. The highest BCUT2D eigenvalue weighted by molar-refractivity contribution is 8.00. The summed E-state index contributed by atoms with van der Waals surface area (Å²) in [4.78, 5) is 12.2. The van der Waals surface area contributed by atoms with Crippen molar-refractivity contribution in [2.24, 2.45) is 0 Å². The molecule has 3 rings (SSSR count). The summed E-state index contributed by atoms with van der Waals surface area (Å²) < 4.78 is 1.80. The van der Waals surface area contributed by atoms with E-state index in [1.807, 2.05) is 6.92 Å². The van der Waals surface area contributed by atoms with Crippen molar-refractivity contribution in [3.63, 3.8) is 0 Å². The summed E-state index contributed by atoms with van der Waals surface area (Å²) in [7, 11) is 0. The second kappa shape index (κ2) is 6.03. The maximum Gasteiger partial charge on any atom is 0.237 e. The van der Waals surface area contributed by atoms with Crippen LogP contribution >= 0.6 is 23.4 Å². The zero-order valence-corrected chi connectivity index (χ0v) is 12.9. The topological polar surface area (TPSA) is 72.7 Å². The molecule has 2 aromatic rings. The summed E-state index contributed by atoms with van der Waals surface area (Å²) in [6.45, 7) is 1.84. The van der Waals surface area contributed by atoms with Gasteiger partial charge < -0.3 is 5.32 Å². The van der Waals surface area contributed by atoms with E-state index in [1.165, 1.54) is 11.8 Å². The number of halogens is 1. The zero-order chi connectivity index (χ0) is 14.8. The Balaban J connectivity index is 1.61. The molecule has 21 heavy (non-hydrogen) atoms. The number of anilines is 1. The fraction of sp³-hybridized carbons (Fsp3) is 0.385. The largest absolute Gasteiger partial charge is 0.325 e. The highest BCUT2D eigenvalue weighted by Gasteiger charge is 2.29. The maximum absolute atomic E-state index is 12.2. The number of benzene rings is 1. The van der Waals surface area contributed by atoms with Gasteiger partial charge in [0.15, 0.2) is 0 Å². The van der Waals surface area contributed by atoms with E-state index in [-0.39, 0.29) is 11.2 Å². The number of tetrazole rings is 1. The summed E-state index contributed by atoms with van der Waals surface area (Å²) in [6, 6.07) is 7.41. The third-order valence-electron chi connectivity index (χ3n) is 3.12. The molecule has 1 atom stereocenters. The third kappa shape index (κ3) is 3.54. The molecule has 1 heterocycles. The molecule has 0 saturated heterocycles. The van der Waals surface area contributed by atoms with Crippen LogP contribution in [-0.4, -0.2) is 31.4 Å². The molecule has 0 bridgehead atoms. The number of carbonyl (C=O) groups is 1. The Kier molecular flexibility index (Phi) is 4.12. The van der Waals surface area contributed by atoms with E-state index >= 15 is 0 Å². The van der Waals surface area contributed by atoms with Crippen LogP contribution in [-0.2, 0) is 4.79 Å². The van der Waals surface area contributed by atoms with Gasteiger partial charge in [-0.15, -0.1) is 5.10 Å². The second-order valence-corrected chi connectivity index (χ2v) is 6.64. The molecule has 1 aliphatic carbocycles. The molecular formula is C13H14ClN5OS. The molecule has 1 aromatic carbocycles. The van der Waals surface area contributed by atoms with Crippen LogP contribution in [0.4, 0.5) is 5.69 Å². The van der Waals surface area contributed by atoms with E-state index in [2.05, 4.69) is 20.8 Å². The zero-order valence-electron chi connectivity index (χ0n) is 11.4. The van der Waals surface area contributed by atoms with Gasteiger partial charge in [0.1, 0.15) is 0 Å². The van der Waals surface area contributed by atoms with Gasteiger partial charge in [0.05, 0.1) is 11.3 Å². The number of aromatic nitrogens is 4. The van der Waals surface area contributed by atoms with Gasteiger partial charge >= 0.3 is 0 Å². The molecule has 1 saturated carbocycles. The van der Waals surface area contributed by atoms with Crippen molar-refractivity contribution in [3.8, 4) is 0 Å². The van der Waals surface area contributed by atoms with Gasteiger partial charge in [-0.1, -0.05) is 23.4 Å². The highest BCUT2D eigenvalue weighted by Crippen LogP contribution is 2.37. The average Bonchev–Trinajstić information content (AvgIpc) is 3.21. The molecule has 6 nitrogen and oxygen atoms in total. The molecule has 0 aliphatic heterocycles. The summed E-state index contributed by atoms with van der Waals surface area (Å²) in [5, 5.41) is 15.5. The molecule has 0 spiro atoms. The summed E-state index contributed by atoms with van der Waals surface area (Å²) >= 11 is 7.18. The number of thioether (sulfide) groups is 1. The van der Waals surface area contributed by atoms with Crippen LogP contribution in [0.2, 0.25) is 5.02 Å². The quantitative estimate of drug-likeness (QED) is 0.856. The molecular weight excluding hydrogens is 310 g/mol. The van der Waals surface area contributed by atoms with Crippen LogP contribution in [0.5, 0.6) is 0 Å². The number of rotatable bonds is 5. The van der Waals surface area contributed by atoms with Crippen molar-refractivity contribution in [3.05, 3.63) is 29.3 Å². The molecule has 1 fully saturated rings. The lowest BCUT2D eigenvalue weighted by Gasteiger charge is -2.11. The first-order chi connectivity index (χ1) is 10.1. The Hall–Kier alpha value is -1.60. The minimum atomic E-state index is -0.288. The van der Waals surface area contributed by atoms with Gasteiger partial charge in [-0.25, -0.2) is 4.68 Å². The van der Waals surface area contributed by atoms with Gasteiger partial charge in [-0.3, -0.25) is 4.79 Å². The second-order valence-electron chi connectivity index (χ2n) is 4.89. The first-order valence-corrected chi connectivity index (χ1v) is 7.90. The number of hydrogen-bond donors (Lipinski definition) is 1. The summed E-state index contributed by atoms with van der Waals surface area (Å²) in [5.74, 6) is -0.0901. The monoisotopic (exact) mass is 323 g/mol. The van der Waals surface area contributed by atoms with Crippen molar-refractivity contribution < 1.29 is 4.79 Å². The Bertz CT molecular complexity index is 640. The molecule has 0 radical (unpaired) electrons. The lowest BCUT2D eigenvalue weighted by atomic mass is 10.3. The fourth-order valence-corrected chi connectivity index (χ4v) is 2.79. The number of hydrogen-bond acceptors (Lipinski definition) is 5. The molecule has 1 N–H and O–H groups in total. The molecule has 8 heteroatoms. The molecule has 110 valence electrons. The smallest absolute Gasteiger partial charge is 0.237 e. The highest BCUT2D eigenvalue weighted by atomic mass is 35.5. The molecule has 1 aromatic heterocycles. The minimum absolute atomic E-state index is 0.0901. The van der Waals surface area contributed by atoms with Crippen molar-refractivity contribution in [2.45, 2.75) is 36.2 Å². The molecule has 1 aliphatic rings. The summed E-state index contributed by atoms with van der Waals surface area (Å²) in [6.07, 6.45) is 2.20. The third-order valence-corrected chi connectivity index (χ3v) is 4.42. The van der Waals surface area contributed by atoms with Crippen LogP contribution in [0, 0.1) is 0 Å². The Morgan fingerprint density at radius 1 is 1.43 bits per heavy atom.